The first-order valence-electron chi connectivity index (χ1n) is 5.56. The second kappa shape index (κ2) is 5.17. The summed E-state index contributed by atoms with van der Waals surface area (Å²) < 4.78 is 1.02. The van der Waals surface area contributed by atoms with Crippen molar-refractivity contribution in [3.05, 3.63) is 28.2 Å². The standard InChI is InChI=1S/C12H17BrN2O/c1-14-11-4-5-15(8-11)7-9-6-10(13)2-3-12(9)16/h2-3,6,11,14,16H,4-5,7-8H2,1H3. The van der Waals surface area contributed by atoms with Gasteiger partial charge in [0.2, 0.25) is 0 Å². The molecule has 88 valence electrons. The summed E-state index contributed by atoms with van der Waals surface area (Å²) in [7, 11) is 2.00. The van der Waals surface area contributed by atoms with Gasteiger partial charge in [0.15, 0.2) is 0 Å². The Kier molecular flexibility index (Phi) is 3.84. The van der Waals surface area contributed by atoms with E-state index in [0.717, 1.165) is 29.7 Å². The summed E-state index contributed by atoms with van der Waals surface area (Å²) in [6.07, 6.45) is 1.19. The molecule has 1 saturated heterocycles. The molecule has 1 unspecified atom stereocenters. The van der Waals surface area contributed by atoms with Crippen LogP contribution in [0.15, 0.2) is 22.7 Å². The zero-order valence-corrected chi connectivity index (χ0v) is 11.0. The van der Waals surface area contributed by atoms with Gasteiger partial charge in [0.1, 0.15) is 5.75 Å². The van der Waals surface area contributed by atoms with Crippen molar-refractivity contribution in [1.29, 1.82) is 0 Å². The third kappa shape index (κ3) is 2.75. The fraction of sp³-hybridized carbons (Fsp3) is 0.500. The molecular weight excluding hydrogens is 268 g/mol. The Morgan fingerprint density at radius 1 is 1.56 bits per heavy atom. The molecule has 1 atom stereocenters. The monoisotopic (exact) mass is 284 g/mol. The highest BCUT2D eigenvalue weighted by atomic mass is 79.9. The van der Waals surface area contributed by atoms with E-state index in [1.165, 1.54) is 6.42 Å². The number of phenols is 1. The Labute approximate surface area is 105 Å². The predicted octanol–water partition coefficient (Wildman–Crippen LogP) is 1.95. The van der Waals surface area contributed by atoms with Crippen LogP contribution in [0.25, 0.3) is 0 Å². The minimum atomic E-state index is 0.385. The fourth-order valence-corrected chi connectivity index (χ4v) is 2.54. The highest BCUT2D eigenvalue weighted by Gasteiger charge is 2.21. The lowest BCUT2D eigenvalue weighted by Crippen LogP contribution is -2.29. The van der Waals surface area contributed by atoms with Crippen LogP contribution < -0.4 is 5.32 Å². The average Bonchev–Trinajstić information content (AvgIpc) is 2.71. The van der Waals surface area contributed by atoms with Gasteiger partial charge in [-0.3, -0.25) is 4.90 Å². The molecule has 0 radical (unpaired) electrons. The zero-order chi connectivity index (χ0) is 11.5. The van der Waals surface area contributed by atoms with Crippen LogP contribution in [0.5, 0.6) is 5.75 Å². The average molecular weight is 285 g/mol. The zero-order valence-electron chi connectivity index (χ0n) is 9.41. The number of hydrogen-bond donors (Lipinski definition) is 2. The largest absolute Gasteiger partial charge is 0.508 e. The van der Waals surface area contributed by atoms with Gasteiger partial charge < -0.3 is 10.4 Å². The molecule has 0 spiro atoms. The SMILES string of the molecule is CNC1CCN(Cc2cc(Br)ccc2O)C1. The van der Waals surface area contributed by atoms with Crippen LogP contribution in [0.4, 0.5) is 0 Å². The lowest BCUT2D eigenvalue weighted by molar-refractivity contribution is 0.316. The van der Waals surface area contributed by atoms with Gasteiger partial charge in [-0.1, -0.05) is 15.9 Å². The van der Waals surface area contributed by atoms with Gasteiger partial charge in [-0.25, -0.2) is 0 Å². The Morgan fingerprint density at radius 3 is 3.06 bits per heavy atom. The second-order valence-corrected chi connectivity index (χ2v) is 5.20. The van der Waals surface area contributed by atoms with Crippen molar-refractivity contribution in [2.75, 3.05) is 20.1 Å². The maximum absolute atomic E-state index is 9.76. The van der Waals surface area contributed by atoms with Gasteiger partial charge >= 0.3 is 0 Å². The third-order valence-electron chi connectivity index (χ3n) is 3.12. The smallest absolute Gasteiger partial charge is 0.120 e. The summed E-state index contributed by atoms with van der Waals surface area (Å²) in [6, 6.07) is 6.18. The first-order chi connectivity index (χ1) is 7.69. The van der Waals surface area contributed by atoms with Gasteiger partial charge in [-0.05, 0) is 31.7 Å². The number of likely N-dealkylation sites (N-methyl/N-ethyl adjacent to an activating group) is 1. The van der Waals surface area contributed by atoms with Crippen LogP contribution in [0, 0.1) is 0 Å². The molecule has 2 N–H and O–H groups in total. The minimum Gasteiger partial charge on any atom is -0.508 e. The third-order valence-corrected chi connectivity index (χ3v) is 3.61. The number of phenolic OH excluding ortho intramolecular Hbond substituents is 1. The summed E-state index contributed by atoms with van der Waals surface area (Å²) in [5.74, 6) is 0.385. The minimum absolute atomic E-state index is 0.385. The molecule has 0 bridgehead atoms. The number of halogens is 1. The molecule has 1 aromatic carbocycles. The molecule has 4 heteroatoms. The summed E-state index contributed by atoms with van der Waals surface area (Å²) >= 11 is 3.43. The van der Waals surface area contributed by atoms with Gasteiger partial charge in [0.25, 0.3) is 0 Å². The van der Waals surface area contributed by atoms with E-state index in [-0.39, 0.29) is 0 Å². The van der Waals surface area contributed by atoms with Crippen LogP contribution in [0.1, 0.15) is 12.0 Å². The van der Waals surface area contributed by atoms with Crippen molar-refractivity contribution in [2.45, 2.75) is 19.0 Å². The Hall–Kier alpha value is -0.580. The highest BCUT2D eigenvalue weighted by Crippen LogP contribution is 2.24. The molecule has 3 nitrogen and oxygen atoms in total. The summed E-state index contributed by atoms with van der Waals surface area (Å²) in [5.41, 5.74) is 0.992. The van der Waals surface area contributed by atoms with Crippen LogP contribution in [0.2, 0.25) is 0 Å². The van der Waals surface area contributed by atoms with Crippen molar-refractivity contribution < 1.29 is 5.11 Å². The number of nitrogens with zero attached hydrogens (tertiary/aromatic N) is 1. The summed E-state index contributed by atoms with van der Waals surface area (Å²) in [4.78, 5) is 2.36. The van der Waals surface area contributed by atoms with Crippen molar-refractivity contribution in [1.82, 2.24) is 10.2 Å². The predicted molar refractivity (Wildman–Crippen MR) is 68.5 cm³/mol. The van der Waals surface area contributed by atoms with Crippen molar-refractivity contribution >= 4 is 15.9 Å². The number of benzene rings is 1. The Balaban J connectivity index is 2.01. The molecule has 1 heterocycles. The van der Waals surface area contributed by atoms with E-state index in [1.807, 2.05) is 19.2 Å². The first kappa shape index (κ1) is 11.9. The van der Waals surface area contributed by atoms with Crippen LogP contribution in [-0.4, -0.2) is 36.2 Å². The van der Waals surface area contributed by atoms with Crippen LogP contribution in [-0.2, 0) is 6.54 Å². The van der Waals surface area contributed by atoms with Crippen LogP contribution in [0.3, 0.4) is 0 Å². The molecule has 16 heavy (non-hydrogen) atoms. The van der Waals surface area contributed by atoms with E-state index in [4.69, 9.17) is 0 Å². The van der Waals surface area contributed by atoms with Gasteiger partial charge in [0.05, 0.1) is 0 Å². The lowest BCUT2D eigenvalue weighted by atomic mass is 10.2. The van der Waals surface area contributed by atoms with Crippen molar-refractivity contribution in [2.24, 2.45) is 0 Å². The number of hydrogen-bond acceptors (Lipinski definition) is 3. The molecule has 0 amide bonds. The summed E-state index contributed by atoms with van der Waals surface area (Å²) in [5, 5.41) is 13.0. The molecule has 1 aromatic rings. The molecule has 1 aliphatic heterocycles. The molecule has 0 saturated carbocycles. The normalized spacial score (nSPS) is 21.5. The molecule has 2 rings (SSSR count). The number of likely N-dealkylation sites (tertiary alicyclic amines) is 1. The fourth-order valence-electron chi connectivity index (χ4n) is 2.13. The molecule has 1 fully saturated rings. The maximum Gasteiger partial charge on any atom is 0.120 e. The number of rotatable bonds is 3. The van der Waals surface area contributed by atoms with E-state index >= 15 is 0 Å². The molecular formula is C12H17BrN2O. The lowest BCUT2D eigenvalue weighted by Gasteiger charge is -2.16. The van der Waals surface area contributed by atoms with E-state index in [2.05, 4.69) is 26.1 Å². The topological polar surface area (TPSA) is 35.5 Å². The first-order valence-corrected chi connectivity index (χ1v) is 6.35. The van der Waals surface area contributed by atoms with E-state index in [9.17, 15) is 5.11 Å². The highest BCUT2D eigenvalue weighted by molar-refractivity contribution is 9.10. The Morgan fingerprint density at radius 2 is 2.38 bits per heavy atom. The van der Waals surface area contributed by atoms with E-state index in [0.29, 0.717) is 11.8 Å². The van der Waals surface area contributed by atoms with Crippen molar-refractivity contribution in [3.63, 3.8) is 0 Å². The molecule has 0 aliphatic carbocycles. The summed E-state index contributed by atoms with van der Waals surface area (Å²) in [6.45, 7) is 2.98. The maximum atomic E-state index is 9.76. The quantitative estimate of drug-likeness (QED) is 0.891. The van der Waals surface area contributed by atoms with E-state index < -0.39 is 0 Å². The van der Waals surface area contributed by atoms with E-state index in [1.54, 1.807) is 6.07 Å². The Bertz CT molecular complexity index is 370. The van der Waals surface area contributed by atoms with Gasteiger partial charge in [0, 0.05) is 35.7 Å². The van der Waals surface area contributed by atoms with Gasteiger partial charge in [-0.15, -0.1) is 0 Å². The number of aromatic hydroxyl groups is 1. The van der Waals surface area contributed by atoms with Crippen LogP contribution >= 0.6 is 15.9 Å². The second-order valence-electron chi connectivity index (χ2n) is 4.28. The number of nitrogens with one attached hydrogen (secondary N) is 1. The van der Waals surface area contributed by atoms with Gasteiger partial charge in [-0.2, -0.15) is 0 Å². The molecule has 0 aromatic heterocycles. The molecule has 1 aliphatic rings. The van der Waals surface area contributed by atoms with Crippen molar-refractivity contribution in [3.8, 4) is 5.75 Å².